The van der Waals surface area contributed by atoms with E-state index in [4.69, 9.17) is 0 Å². The normalized spacial score (nSPS) is 10.9. The molecule has 0 spiro atoms. The van der Waals surface area contributed by atoms with Crippen LogP contribution in [0.2, 0.25) is 0 Å². The fourth-order valence-corrected chi connectivity index (χ4v) is 1.81. The summed E-state index contributed by atoms with van der Waals surface area (Å²) in [6.45, 7) is 5.78. The average Bonchev–Trinajstić information content (AvgIpc) is 2.43. The zero-order valence-corrected chi connectivity index (χ0v) is 10.3. The Morgan fingerprint density at radius 3 is 2.79 bits per heavy atom. The van der Waals surface area contributed by atoms with Crippen LogP contribution in [0.15, 0.2) is 10.7 Å². The molecule has 1 heterocycles. The van der Waals surface area contributed by atoms with Crippen molar-refractivity contribution >= 4 is 21.7 Å². The molecular formula is C10H15BrN2O. The molecule has 4 heteroatoms. The predicted octanol–water partition coefficient (Wildman–Crippen LogP) is 2.75. The SMILES string of the molecule is CC(=O)CCc1c(Br)cnn1C(C)C. The number of Topliss-reactive ketones (excluding diaryl/α,β-unsaturated/α-hetero) is 1. The van der Waals surface area contributed by atoms with Gasteiger partial charge in [-0.15, -0.1) is 0 Å². The summed E-state index contributed by atoms with van der Waals surface area (Å²) in [7, 11) is 0. The third-order valence-corrected chi connectivity index (χ3v) is 2.71. The number of nitrogens with zero attached hydrogens (tertiary/aromatic N) is 2. The van der Waals surface area contributed by atoms with Crippen molar-refractivity contribution in [1.82, 2.24) is 9.78 Å². The molecule has 0 bridgehead atoms. The molecule has 0 N–H and O–H groups in total. The topological polar surface area (TPSA) is 34.9 Å². The van der Waals surface area contributed by atoms with Gasteiger partial charge < -0.3 is 4.79 Å². The lowest BCUT2D eigenvalue weighted by molar-refractivity contribution is -0.117. The molecule has 78 valence electrons. The second-order valence-corrected chi connectivity index (χ2v) is 4.53. The molecule has 0 amide bonds. The van der Waals surface area contributed by atoms with Crippen LogP contribution in [0.25, 0.3) is 0 Å². The Morgan fingerprint density at radius 1 is 1.64 bits per heavy atom. The molecule has 0 aromatic carbocycles. The second-order valence-electron chi connectivity index (χ2n) is 3.68. The van der Waals surface area contributed by atoms with Gasteiger partial charge in [0, 0.05) is 12.5 Å². The fraction of sp³-hybridized carbons (Fsp3) is 0.600. The number of aromatic nitrogens is 2. The lowest BCUT2D eigenvalue weighted by atomic mass is 10.2. The molecule has 0 aliphatic heterocycles. The summed E-state index contributed by atoms with van der Waals surface area (Å²) in [6, 6.07) is 0.336. The van der Waals surface area contributed by atoms with Crippen LogP contribution >= 0.6 is 15.9 Å². The van der Waals surface area contributed by atoms with E-state index >= 15 is 0 Å². The van der Waals surface area contributed by atoms with Gasteiger partial charge in [-0.3, -0.25) is 4.68 Å². The highest BCUT2D eigenvalue weighted by Gasteiger charge is 2.11. The molecule has 0 aliphatic rings. The molecule has 0 saturated carbocycles. The number of hydrogen-bond donors (Lipinski definition) is 0. The Bertz CT molecular complexity index is 331. The van der Waals surface area contributed by atoms with Crippen LogP contribution in [-0.4, -0.2) is 15.6 Å². The summed E-state index contributed by atoms with van der Waals surface area (Å²) in [6.07, 6.45) is 3.13. The van der Waals surface area contributed by atoms with E-state index in [1.54, 1.807) is 13.1 Å². The van der Waals surface area contributed by atoms with E-state index in [-0.39, 0.29) is 5.78 Å². The average molecular weight is 259 g/mol. The maximum atomic E-state index is 10.9. The van der Waals surface area contributed by atoms with E-state index in [2.05, 4.69) is 34.9 Å². The van der Waals surface area contributed by atoms with Crippen molar-refractivity contribution in [2.75, 3.05) is 0 Å². The van der Waals surface area contributed by atoms with Gasteiger partial charge in [-0.05, 0) is 43.1 Å². The van der Waals surface area contributed by atoms with Crippen molar-refractivity contribution in [3.05, 3.63) is 16.4 Å². The van der Waals surface area contributed by atoms with Crippen molar-refractivity contribution in [2.45, 2.75) is 39.7 Å². The molecule has 14 heavy (non-hydrogen) atoms. The van der Waals surface area contributed by atoms with Crippen molar-refractivity contribution in [3.8, 4) is 0 Å². The number of carbonyl (C=O) groups excluding carboxylic acids is 1. The van der Waals surface area contributed by atoms with E-state index in [1.165, 1.54) is 0 Å². The van der Waals surface area contributed by atoms with Crippen molar-refractivity contribution in [3.63, 3.8) is 0 Å². The number of carbonyl (C=O) groups is 1. The third kappa shape index (κ3) is 2.67. The smallest absolute Gasteiger partial charge is 0.130 e. The molecule has 3 nitrogen and oxygen atoms in total. The lowest BCUT2D eigenvalue weighted by Gasteiger charge is -2.10. The van der Waals surface area contributed by atoms with E-state index < -0.39 is 0 Å². The first kappa shape index (κ1) is 11.4. The zero-order chi connectivity index (χ0) is 10.7. The monoisotopic (exact) mass is 258 g/mol. The maximum absolute atomic E-state index is 10.9. The minimum absolute atomic E-state index is 0.216. The summed E-state index contributed by atoms with van der Waals surface area (Å²) >= 11 is 3.44. The molecular weight excluding hydrogens is 244 g/mol. The Balaban J connectivity index is 2.82. The number of halogens is 1. The fourth-order valence-electron chi connectivity index (χ4n) is 1.34. The van der Waals surface area contributed by atoms with Crippen LogP contribution < -0.4 is 0 Å². The van der Waals surface area contributed by atoms with Gasteiger partial charge in [-0.2, -0.15) is 5.10 Å². The van der Waals surface area contributed by atoms with Crippen LogP contribution in [0.3, 0.4) is 0 Å². The first-order valence-corrected chi connectivity index (χ1v) is 5.53. The van der Waals surface area contributed by atoms with Crippen molar-refractivity contribution in [2.24, 2.45) is 0 Å². The highest BCUT2D eigenvalue weighted by atomic mass is 79.9. The minimum atomic E-state index is 0.216. The van der Waals surface area contributed by atoms with Gasteiger partial charge in [0.1, 0.15) is 5.78 Å². The van der Waals surface area contributed by atoms with Gasteiger partial charge in [-0.1, -0.05) is 0 Å². The molecule has 0 aliphatic carbocycles. The van der Waals surface area contributed by atoms with E-state index in [9.17, 15) is 4.79 Å². The molecule has 1 aromatic rings. The van der Waals surface area contributed by atoms with Gasteiger partial charge in [0.25, 0.3) is 0 Å². The second kappa shape index (κ2) is 4.73. The van der Waals surface area contributed by atoms with E-state index in [0.717, 1.165) is 16.6 Å². The Hall–Kier alpha value is -0.640. The Kier molecular flexibility index (Phi) is 3.86. The van der Waals surface area contributed by atoms with Crippen LogP contribution in [-0.2, 0) is 11.2 Å². The van der Waals surface area contributed by atoms with E-state index in [0.29, 0.717) is 12.5 Å². The largest absolute Gasteiger partial charge is 0.300 e. The van der Waals surface area contributed by atoms with Crippen LogP contribution in [0.1, 0.15) is 38.9 Å². The molecule has 1 aromatic heterocycles. The van der Waals surface area contributed by atoms with Crippen LogP contribution in [0.4, 0.5) is 0 Å². The van der Waals surface area contributed by atoms with Crippen LogP contribution in [0, 0.1) is 0 Å². The van der Waals surface area contributed by atoms with Gasteiger partial charge >= 0.3 is 0 Å². The van der Waals surface area contributed by atoms with Gasteiger partial charge in [0.05, 0.1) is 16.4 Å². The standard InChI is InChI=1S/C10H15BrN2O/c1-7(2)13-10(5-4-8(3)14)9(11)6-12-13/h6-7H,4-5H2,1-3H3. The quantitative estimate of drug-likeness (QED) is 0.833. The molecule has 0 unspecified atom stereocenters. The first-order valence-electron chi connectivity index (χ1n) is 4.73. The minimum Gasteiger partial charge on any atom is -0.300 e. The Labute approximate surface area is 92.6 Å². The van der Waals surface area contributed by atoms with Crippen molar-refractivity contribution in [1.29, 1.82) is 0 Å². The lowest BCUT2D eigenvalue weighted by Crippen LogP contribution is -2.08. The summed E-state index contributed by atoms with van der Waals surface area (Å²) in [5.41, 5.74) is 1.11. The highest BCUT2D eigenvalue weighted by Crippen LogP contribution is 2.20. The molecule has 0 fully saturated rings. The summed E-state index contributed by atoms with van der Waals surface area (Å²) in [5, 5.41) is 4.25. The van der Waals surface area contributed by atoms with Gasteiger partial charge in [-0.25, -0.2) is 0 Å². The number of ketones is 1. The molecule has 0 saturated heterocycles. The van der Waals surface area contributed by atoms with Crippen molar-refractivity contribution < 1.29 is 4.79 Å². The highest BCUT2D eigenvalue weighted by molar-refractivity contribution is 9.10. The summed E-state index contributed by atoms with van der Waals surface area (Å²) in [4.78, 5) is 10.9. The van der Waals surface area contributed by atoms with Gasteiger partial charge in [0.2, 0.25) is 0 Å². The van der Waals surface area contributed by atoms with E-state index in [1.807, 2.05) is 4.68 Å². The maximum Gasteiger partial charge on any atom is 0.130 e. The molecule has 1 rings (SSSR count). The third-order valence-electron chi connectivity index (χ3n) is 2.05. The predicted molar refractivity (Wildman–Crippen MR) is 59.3 cm³/mol. The zero-order valence-electron chi connectivity index (χ0n) is 8.75. The van der Waals surface area contributed by atoms with Crippen LogP contribution in [0.5, 0.6) is 0 Å². The Morgan fingerprint density at radius 2 is 2.29 bits per heavy atom. The number of rotatable bonds is 4. The van der Waals surface area contributed by atoms with Gasteiger partial charge in [0.15, 0.2) is 0 Å². The summed E-state index contributed by atoms with van der Waals surface area (Å²) < 4.78 is 2.94. The molecule has 0 radical (unpaired) electrons. The first-order chi connectivity index (χ1) is 6.52. The summed E-state index contributed by atoms with van der Waals surface area (Å²) in [5.74, 6) is 0.216. The molecule has 0 atom stereocenters. The number of hydrogen-bond acceptors (Lipinski definition) is 2.